The number of ketones is 1. The number of hydrogen-bond acceptors (Lipinski definition) is 5. The van der Waals surface area contributed by atoms with Gasteiger partial charge in [-0.25, -0.2) is 8.42 Å². The number of carbonyl (C=O) groups excluding carboxylic acids is 1. The van der Waals surface area contributed by atoms with Crippen LogP contribution >= 0.6 is 0 Å². The van der Waals surface area contributed by atoms with E-state index in [-0.39, 0.29) is 5.78 Å². The molecule has 0 aliphatic carbocycles. The first kappa shape index (κ1) is 14.0. The van der Waals surface area contributed by atoms with Crippen molar-refractivity contribution in [3.05, 3.63) is 24.0 Å². The van der Waals surface area contributed by atoms with Gasteiger partial charge in [-0.3, -0.25) is 9.78 Å². The number of carbonyl (C=O) groups is 1. The lowest BCUT2D eigenvalue weighted by Gasteiger charge is -2.34. The molecule has 0 atom stereocenters. The van der Waals surface area contributed by atoms with Gasteiger partial charge in [0.15, 0.2) is 5.78 Å². The summed E-state index contributed by atoms with van der Waals surface area (Å²) in [5.74, 6) is -0.0616. The fourth-order valence-corrected chi connectivity index (χ4v) is 2.89. The Morgan fingerprint density at radius 2 is 1.84 bits per heavy atom. The molecule has 0 unspecified atom stereocenters. The van der Waals surface area contributed by atoms with E-state index in [1.54, 1.807) is 12.3 Å². The van der Waals surface area contributed by atoms with Gasteiger partial charge in [0, 0.05) is 33.1 Å². The zero-order chi connectivity index (χ0) is 14.0. The standard InChI is InChI=1S/C12H17N3O3S/c1-10(16)12-4-3-11(9-13-12)14-5-7-15(8-6-14)19(2,17)18/h3-4,9H,5-8H2,1-2H3. The van der Waals surface area contributed by atoms with E-state index < -0.39 is 10.0 Å². The molecule has 0 amide bonds. The van der Waals surface area contributed by atoms with Crippen molar-refractivity contribution in [1.82, 2.24) is 9.29 Å². The molecule has 2 heterocycles. The van der Waals surface area contributed by atoms with Crippen LogP contribution in [-0.2, 0) is 10.0 Å². The highest BCUT2D eigenvalue weighted by Crippen LogP contribution is 2.16. The molecule has 0 bridgehead atoms. The maximum Gasteiger partial charge on any atom is 0.211 e. The molecule has 1 aliphatic rings. The van der Waals surface area contributed by atoms with Crippen LogP contribution in [0.4, 0.5) is 5.69 Å². The minimum atomic E-state index is -3.10. The van der Waals surface area contributed by atoms with E-state index in [2.05, 4.69) is 9.88 Å². The molecule has 0 spiro atoms. The van der Waals surface area contributed by atoms with E-state index in [0.29, 0.717) is 31.9 Å². The van der Waals surface area contributed by atoms with Crippen LogP contribution in [0.25, 0.3) is 0 Å². The molecule has 1 aliphatic heterocycles. The van der Waals surface area contributed by atoms with Crippen LogP contribution in [0.3, 0.4) is 0 Å². The van der Waals surface area contributed by atoms with E-state index in [9.17, 15) is 13.2 Å². The molecular weight excluding hydrogens is 266 g/mol. The summed E-state index contributed by atoms with van der Waals surface area (Å²) in [6.07, 6.45) is 2.89. The lowest BCUT2D eigenvalue weighted by molar-refractivity contribution is 0.101. The summed E-state index contributed by atoms with van der Waals surface area (Å²) in [4.78, 5) is 17.3. The van der Waals surface area contributed by atoms with Crippen LogP contribution in [0.2, 0.25) is 0 Å². The molecule has 104 valence electrons. The SMILES string of the molecule is CC(=O)c1ccc(N2CCN(S(C)(=O)=O)CC2)cn1. The number of rotatable bonds is 3. The van der Waals surface area contributed by atoms with E-state index in [1.807, 2.05) is 6.07 Å². The van der Waals surface area contributed by atoms with Gasteiger partial charge in [0.2, 0.25) is 10.0 Å². The lowest BCUT2D eigenvalue weighted by atomic mass is 10.2. The number of piperazine rings is 1. The Labute approximate surface area is 113 Å². The van der Waals surface area contributed by atoms with Crippen molar-refractivity contribution in [2.75, 3.05) is 37.3 Å². The number of aromatic nitrogens is 1. The largest absolute Gasteiger partial charge is 0.368 e. The average molecular weight is 283 g/mol. The molecular formula is C12H17N3O3S. The Morgan fingerprint density at radius 1 is 1.21 bits per heavy atom. The van der Waals surface area contributed by atoms with Crippen LogP contribution in [0.1, 0.15) is 17.4 Å². The highest BCUT2D eigenvalue weighted by molar-refractivity contribution is 7.88. The van der Waals surface area contributed by atoms with Gasteiger partial charge < -0.3 is 4.90 Å². The van der Waals surface area contributed by atoms with Crippen molar-refractivity contribution in [2.24, 2.45) is 0 Å². The summed E-state index contributed by atoms with van der Waals surface area (Å²) < 4.78 is 24.3. The number of nitrogens with zero attached hydrogens (tertiary/aromatic N) is 3. The smallest absolute Gasteiger partial charge is 0.211 e. The third-order valence-electron chi connectivity index (χ3n) is 3.18. The molecule has 19 heavy (non-hydrogen) atoms. The molecule has 0 N–H and O–H groups in total. The number of Topliss-reactive ketones (excluding diaryl/α,β-unsaturated/α-hetero) is 1. The van der Waals surface area contributed by atoms with Crippen molar-refractivity contribution in [2.45, 2.75) is 6.92 Å². The summed E-state index contributed by atoms with van der Waals surface area (Å²) in [6.45, 7) is 3.70. The van der Waals surface area contributed by atoms with E-state index in [1.165, 1.54) is 17.5 Å². The Hall–Kier alpha value is -1.47. The van der Waals surface area contributed by atoms with Crippen molar-refractivity contribution in [3.63, 3.8) is 0 Å². The summed E-state index contributed by atoms with van der Waals surface area (Å²) in [5.41, 5.74) is 1.36. The predicted octanol–water partition coefficient (Wildman–Crippen LogP) is 0.366. The van der Waals surface area contributed by atoms with E-state index >= 15 is 0 Å². The molecule has 0 radical (unpaired) electrons. The van der Waals surface area contributed by atoms with Crippen LogP contribution in [0, 0.1) is 0 Å². The number of hydrogen-bond donors (Lipinski definition) is 0. The van der Waals surface area contributed by atoms with Crippen molar-refractivity contribution in [1.29, 1.82) is 0 Å². The van der Waals surface area contributed by atoms with Crippen LogP contribution < -0.4 is 4.90 Å². The van der Waals surface area contributed by atoms with Gasteiger partial charge in [-0.15, -0.1) is 0 Å². The minimum Gasteiger partial charge on any atom is -0.368 e. The normalized spacial score (nSPS) is 17.5. The number of anilines is 1. The molecule has 1 saturated heterocycles. The second-order valence-electron chi connectivity index (χ2n) is 4.61. The maximum absolute atomic E-state index is 11.4. The van der Waals surface area contributed by atoms with E-state index in [0.717, 1.165) is 5.69 Å². The summed E-state index contributed by atoms with van der Waals surface area (Å²) in [7, 11) is -3.10. The average Bonchev–Trinajstić information content (AvgIpc) is 2.38. The second-order valence-corrected chi connectivity index (χ2v) is 6.59. The van der Waals surface area contributed by atoms with Gasteiger partial charge in [-0.05, 0) is 12.1 Å². The van der Waals surface area contributed by atoms with Crippen molar-refractivity contribution >= 4 is 21.5 Å². The summed E-state index contributed by atoms with van der Waals surface area (Å²) in [6, 6.07) is 3.54. The monoisotopic (exact) mass is 283 g/mol. The van der Waals surface area contributed by atoms with Gasteiger partial charge in [-0.2, -0.15) is 4.31 Å². The van der Waals surface area contributed by atoms with Crippen LogP contribution in [0.15, 0.2) is 18.3 Å². The van der Waals surface area contributed by atoms with Gasteiger partial charge in [-0.1, -0.05) is 0 Å². The zero-order valence-corrected chi connectivity index (χ0v) is 11.9. The third-order valence-corrected chi connectivity index (χ3v) is 4.48. The lowest BCUT2D eigenvalue weighted by Crippen LogP contribution is -2.48. The fourth-order valence-electron chi connectivity index (χ4n) is 2.06. The third kappa shape index (κ3) is 3.30. The summed E-state index contributed by atoms with van der Waals surface area (Å²) >= 11 is 0. The fraction of sp³-hybridized carbons (Fsp3) is 0.500. The second kappa shape index (κ2) is 5.26. The minimum absolute atomic E-state index is 0.0616. The number of pyridine rings is 1. The molecule has 7 heteroatoms. The molecule has 2 rings (SSSR count). The summed E-state index contributed by atoms with van der Waals surface area (Å²) in [5, 5.41) is 0. The topological polar surface area (TPSA) is 70.6 Å². The first-order valence-electron chi connectivity index (χ1n) is 6.05. The van der Waals surface area contributed by atoms with Gasteiger partial charge in [0.1, 0.15) is 5.69 Å². The highest BCUT2D eigenvalue weighted by atomic mass is 32.2. The first-order chi connectivity index (χ1) is 8.88. The van der Waals surface area contributed by atoms with E-state index in [4.69, 9.17) is 0 Å². The van der Waals surface area contributed by atoms with Crippen molar-refractivity contribution in [3.8, 4) is 0 Å². The maximum atomic E-state index is 11.4. The molecule has 1 aromatic rings. The zero-order valence-electron chi connectivity index (χ0n) is 11.0. The van der Waals surface area contributed by atoms with Gasteiger partial charge >= 0.3 is 0 Å². The van der Waals surface area contributed by atoms with Crippen LogP contribution in [0.5, 0.6) is 0 Å². The predicted molar refractivity (Wildman–Crippen MR) is 72.9 cm³/mol. The molecule has 0 saturated carbocycles. The Kier molecular flexibility index (Phi) is 3.86. The van der Waals surface area contributed by atoms with Crippen LogP contribution in [-0.4, -0.2) is 55.9 Å². The Balaban J connectivity index is 2.03. The molecule has 1 aromatic heterocycles. The molecule has 0 aromatic carbocycles. The first-order valence-corrected chi connectivity index (χ1v) is 7.90. The van der Waals surface area contributed by atoms with Crippen molar-refractivity contribution < 1.29 is 13.2 Å². The van der Waals surface area contributed by atoms with Gasteiger partial charge in [0.05, 0.1) is 18.1 Å². The van der Waals surface area contributed by atoms with Gasteiger partial charge in [0.25, 0.3) is 0 Å². The quantitative estimate of drug-likeness (QED) is 0.749. The Morgan fingerprint density at radius 3 is 2.26 bits per heavy atom. The number of sulfonamides is 1. The Bertz CT molecular complexity index is 560. The highest BCUT2D eigenvalue weighted by Gasteiger charge is 2.23. The molecule has 6 nitrogen and oxygen atoms in total. The molecule has 1 fully saturated rings.